The van der Waals surface area contributed by atoms with Gasteiger partial charge in [-0.05, 0) is 67.9 Å². The van der Waals surface area contributed by atoms with E-state index in [4.69, 9.17) is 10.7 Å². The second kappa shape index (κ2) is 4.06. The fourth-order valence-electron chi connectivity index (χ4n) is 5.21. The summed E-state index contributed by atoms with van der Waals surface area (Å²) in [6.45, 7) is 0.571. The average Bonchev–Trinajstić information content (AvgIpc) is 2.38. The van der Waals surface area contributed by atoms with E-state index in [2.05, 4.69) is 18.2 Å². The van der Waals surface area contributed by atoms with Crippen molar-refractivity contribution in [1.82, 2.24) is 4.98 Å². The highest BCUT2D eigenvalue weighted by Gasteiger charge is 2.48. The molecule has 2 heteroatoms. The molecule has 1 heterocycles. The summed E-state index contributed by atoms with van der Waals surface area (Å²) in [5.74, 6) is 4.66. The van der Waals surface area contributed by atoms with Gasteiger partial charge in [-0.3, -0.25) is 4.98 Å². The zero-order valence-electron chi connectivity index (χ0n) is 10.9. The number of nitrogens with zero attached hydrogens (tertiary/aromatic N) is 1. The van der Waals surface area contributed by atoms with E-state index < -0.39 is 0 Å². The van der Waals surface area contributed by atoms with Gasteiger partial charge in [0.05, 0.1) is 5.69 Å². The lowest BCUT2D eigenvalue weighted by Crippen LogP contribution is -2.44. The molecule has 2 N–H and O–H groups in total. The number of nitrogens with two attached hydrogens (primary N) is 1. The van der Waals surface area contributed by atoms with Crippen molar-refractivity contribution in [1.29, 1.82) is 0 Å². The number of rotatable bonds is 2. The Morgan fingerprint density at radius 1 is 1.00 bits per heavy atom. The third-order valence-electron chi connectivity index (χ3n) is 5.61. The summed E-state index contributed by atoms with van der Waals surface area (Å²) in [5, 5.41) is 0. The quantitative estimate of drug-likeness (QED) is 0.865. The van der Waals surface area contributed by atoms with Gasteiger partial charge in [0.15, 0.2) is 0 Å². The monoisotopic (exact) mass is 242 g/mol. The van der Waals surface area contributed by atoms with Crippen molar-refractivity contribution in [3.05, 3.63) is 29.6 Å². The van der Waals surface area contributed by atoms with Crippen LogP contribution >= 0.6 is 0 Å². The minimum absolute atomic E-state index is 0.571. The van der Waals surface area contributed by atoms with Crippen LogP contribution in [0, 0.1) is 23.7 Å². The molecule has 1 aromatic heterocycles. The average molecular weight is 242 g/mol. The van der Waals surface area contributed by atoms with E-state index in [1.165, 1.54) is 37.8 Å². The van der Waals surface area contributed by atoms with Gasteiger partial charge in [0.1, 0.15) is 0 Å². The molecule has 4 aliphatic carbocycles. The fraction of sp³-hybridized carbons (Fsp3) is 0.688. The van der Waals surface area contributed by atoms with Crippen molar-refractivity contribution in [3.63, 3.8) is 0 Å². The molecule has 4 saturated carbocycles. The summed E-state index contributed by atoms with van der Waals surface area (Å²) in [5.41, 5.74) is 8.13. The number of pyridine rings is 1. The van der Waals surface area contributed by atoms with Gasteiger partial charge in [0, 0.05) is 18.2 Å². The molecule has 18 heavy (non-hydrogen) atoms. The molecule has 5 rings (SSSR count). The summed E-state index contributed by atoms with van der Waals surface area (Å²) in [7, 11) is 0. The highest BCUT2D eigenvalue weighted by atomic mass is 14.8. The molecule has 0 unspecified atom stereocenters. The maximum Gasteiger partial charge on any atom is 0.0542 e. The van der Waals surface area contributed by atoms with Crippen LogP contribution in [0.3, 0.4) is 0 Å². The van der Waals surface area contributed by atoms with Crippen LogP contribution < -0.4 is 5.73 Å². The van der Waals surface area contributed by atoms with Gasteiger partial charge >= 0.3 is 0 Å². The van der Waals surface area contributed by atoms with Gasteiger partial charge in [-0.1, -0.05) is 6.07 Å². The Bertz CT molecular complexity index is 426. The molecule has 0 aliphatic heterocycles. The van der Waals surface area contributed by atoms with Gasteiger partial charge in [-0.15, -0.1) is 0 Å². The lowest BCUT2D eigenvalue weighted by Gasteiger charge is -2.54. The van der Waals surface area contributed by atoms with Crippen LogP contribution in [0.25, 0.3) is 0 Å². The first-order chi connectivity index (χ1) is 8.83. The summed E-state index contributed by atoms with van der Waals surface area (Å²) < 4.78 is 0. The molecule has 4 aliphatic rings. The van der Waals surface area contributed by atoms with Crippen molar-refractivity contribution in [2.75, 3.05) is 0 Å². The van der Waals surface area contributed by atoms with Crippen molar-refractivity contribution < 1.29 is 0 Å². The van der Waals surface area contributed by atoms with Crippen molar-refractivity contribution >= 4 is 0 Å². The number of aromatic nitrogens is 1. The molecule has 4 bridgehead atoms. The smallest absolute Gasteiger partial charge is 0.0542 e. The number of hydrogen-bond donors (Lipinski definition) is 1. The van der Waals surface area contributed by atoms with E-state index in [1.54, 1.807) is 0 Å². The van der Waals surface area contributed by atoms with Gasteiger partial charge in [-0.2, -0.15) is 0 Å². The Labute approximate surface area is 109 Å². The maximum absolute atomic E-state index is 5.73. The molecule has 0 radical (unpaired) electrons. The normalized spacial score (nSPS) is 41.3. The summed E-state index contributed by atoms with van der Waals surface area (Å²) in [4.78, 5) is 4.81. The predicted octanol–water partition coefficient (Wildman–Crippen LogP) is 3.08. The highest BCUT2D eigenvalue weighted by molar-refractivity contribution is 5.20. The van der Waals surface area contributed by atoms with Crippen LogP contribution in [0.5, 0.6) is 0 Å². The van der Waals surface area contributed by atoms with Crippen LogP contribution in [0.1, 0.15) is 49.4 Å². The molecule has 1 aromatic rings. The van der Waals surface area contributed by atoms with Gasteiger partial charge in [-0.25, -0.2) is 0 Å². The number of hydrogen-bond acceptors (Lipinski definition) is 2. The van der Waals surface area contributed by atoms with Crippen molar-refractivity contribution in [2.24, 2.45) is 29.4 Å². The second-order valence-corrected chi connectivity index (χ2v) is 6.71. The Morgan fingerprint density at radius 3 is 2.28 bits per heavy atom. The minimum Gasteiger partial charge on any atom is -0.325 e. The third-order valence-corrected chi connectivity index (χ3v) is 5.61. The zero-order valence-corrected chi connectivity index (χ0v) is 10.9. The fourth-order valence-corrected chi connectivity index (χ4v) is 5.21. The third kappa shape index (κ3) is 1.62. The Hall–Kier alpha value is -0.890. The molecular weight excluding hydrogens is 220 g/mol. The molecule has 2 nitrogen and oxygen atoms in total. The molecular formula is C16H22N2. The zero-order chi connectivity index (χ0) is 12.1. The SMILES string of the molecule is NCc1cccc(C2C3CC4CC(C3)CC2C4)n1. The molecule has 0 spiro atoms. The first-order valence-corrected chi connectivity index (χ1v) is 7.49. The van der Waals surface area contributed by atoms with Crippen molar-refractivity contribution in [2.45, 2.75) is 44.6 Å². The van der Waals surface area contributed by atoms with Crippen LogP contribution in [0.2, 0.25) is 0 Å². The van der Waals surface area contributed by atoms with Crippen molar-refractivity contribution in [3.8, 4) is 0 Å². The largest absolute Gasteiger partial charge is 0.325 e. The predicted molar refractivity (Wildman–Crippen MR) is 71.9 cm³/mol. The first kappa shape index (κ1) is 11.0. The van der Waals surface area contributed by atoms with Crippen LogP contribution in [0.15, 0.2) is 18.2 Å². The topological polar surface area (TPSA) is 38.9 Å². The van der Waals surface area contributed by atoms with E-state index in [-0.39, 0.29) is 0 Å². The second-order valence-electron chi connectivity index (χ2n) is 6.71. The molecule has 0 amide bonds. The Balaban J connectivity index is 1.68. The lowest BCUT2D eigenvalue weighted by molar-refractivity contribution is -0.00420. The van der Waals surface area contributed by atoms with E-state index in [1.807, 2.05) is 0 Å². The molecule has 0 atom stereocenters. The van der Waals surface area contributed by atoms with Crippen LogP contribution in [-0.4, -0.2) is 4.98 Å². The Morgan fingerprint density at radius 2 is 1.67 bits per heavy atom. The Kier molecular flexibility index (Phi) is 2.47. The maximum atomic E-state index is 5.73. The van der Waals surface area contributed by atoms with Gasteiger partial charge in [0.25, 0.3) is 0 Å². The molecule has 0 saturated heterocycles. The standard InChI is InChI=1S/C16H22N2/c17-9-14-2-1-3-15(18-14)16-12-5-10-4-11(7-12)8-13(16)6-10/h1-3,10-13,16H,4-9,17H2. The summed E-state index contributed by atoms with van der Waals surface area (Å²) in [6.07, 6.45) is 7.38. The van der Waals surface area contributed by atoms with Gasteiger partial charge < -0.3 is 5.73 Å². The molecule has 96 valence electrons. The summed E-state index contributed by atoms with van der Waals surface area (Å²) >= 11 is 0. The molecule has 0 aromatic carbocycles. The summed E-state index contributed by atoms with van der Waals surface area (Å²) in [6, 6.07) is 6.45. The van der Waals surface area contributed by atoms with E-state index in [0.717, 1.165) is 35.3 Å². The lowest BCUT2D eigenvalue weighted by atomic mass is 9.51. The van der Waals surface area contributed by atoms with E-state index >= 15 is 0 Å². The van der Waals surface area contributed by atoms with Gasteiger partial charge in [0.2, 0.25) is 0 Å². The van der Waals surface area contributed by atoms with E-state index in [9.17, 15) is 0 Å². The minimum atomic E-state index is 0.571. The van der Waals surface area contributed by atoms with E-state index in [0.29, 0.717) is 6.54 Å². The molecule has 4 fully saturated rings. The first-order valence-electron chi connectivity index (χ1n) is 7.49. The van der Waals surface area contributed by atoms with Crippen LogP contribution in [-0.2, 0) is 6.54 Å². The van der Waals surface area contributed by atoms with Crippen LogP contribution in [0.4, 0.5) is 0 Å². The highest BCUT2D eigenvalue weighted by Crippen LogP contribution is 2.59.